The van der Waals surface area contributed by atoms with Gasteiger partial charge >= 0.3 is 5.97 Å². The molecule has 2 rings (SSSR count). The van der Waals surface area contributed by atoms with Crippen LogP contribution in [-0.2, 0) is 20.9 Å². The van der Waals surface area contributed by atoms with Crippen molar-refractivity contribution in [3.05, 3.63) is 52.2 Å². The summed E-state index contributed by atoms with van der Waals surface area (Å²) in [7, 11) is 1.55. The van der Waals surface area contributed by atoms with Crippen molar-refractivity contribution < 1.29 is 23.8 Å². The Labute approximate surface area is 162 Å². The van der Waals surface area contributed by atoms with E-state index in [0.717, 1.165) is 10.4 Å². The topological polar surface area (TPSA) is 73.9 Å². The minimum Gasteiger partial charge on any atom is -0.493 e. The zero-order valence-corrected chi connectivity index (χ0v) is 16.4. The first-order valence-corrected chi connectivity index (χ1v) is 9.34. The van der Waals surface area contributed by atoms with Gasteiger partial charge in [0.1, 0.15) is 0 Å². The molecule has 0 saturated heterocycles. The molecule has 1 aromatic heterocycles. The Morgan fingerprint density at radius 2 is 2.04 bits per heavy atom. The minimum absolute atomic E-state index is 0.0289. The lowest BCUT2D eigenvalue weighted by Gasteiger charge is -2.13. The molecule has 0 radical (unpaired) electrons. The maximum absolute atomic E-state index is 11.8. The summed E-state index contributed by atoms with van der Waals surface area (Å²) in [6.45, 7) is 3.97. The van der Waals surface area contributed by atoms with Crippen molar-refractivity contribution in [1.29, 1.82) is 0 Å². The molecule has 0 spiro atoms. The molecule has 0 atom stereocenters. The van der Waals surface area contributed by atoms with E-state index in [-0.39, 0.29) is 18.6 Å². The zero-order chi connectivity index (χ0) is 19.6. The van der Waals surface area contributed by atoms with E-state index in [1.807, 2.05) is 31.4 Å². The number of hydrogen-bond donors (Lipinski definition) is 1. The van der Waals surface area contributed by atoms with E-state index in [2.05, 4.69) is 5.32 Å². The van der Waals surface area contributed by atoms with Gasteiger partial charge in [0.25, 0.3) is 5.91 Å². The summed E-state index contributed by atoms with van der Waals surface area (Å²) in [5.74, 6) is 0.270. The molecule has 1 N–H and O–H groups in total. The highest BCUT2D eigenvalue weighted by molar-refractivity contribution is 7.09. The number of esters is 1. The van der Waals surface area contributed by atoms with Crippen LogP contribution in [0.3, 0.4) is 0 Å². The number of nitrogens with one attached hydrogen (secondary N) is 1. The van der Waals surface area contributed by atoms with Crippen molar-refractivity contribution in [2.24, 2.45) is 0 Å². The number of hydrogen-bond acceptors (Lipinski definition) is 6. The molecule has 1 heterocycles. The van der Waals surface area contributed by atoms with Crippen LogP contribution in [-0.4, -0.2) is 31.7 Å². The average Bonchev–Trinajstić information content (AvgIpc) is 3.17. The number of methoxy groups -OCH3 is 1. The van der Waals surface area contributed by atoms with Gasteiger partial charge < -0.3 is 19.5 Å². The Hall–Kier alpha value is -2.80. The first-order valence-electron chi connectivity index (χ1n) is 8.46. The first-order chi connectivity index (χ1) is 13.0. The second kappa shape index (κ2) is 10.4. The van der Waals surface area contributed by atoms with Crippen LogP contribution >= 0.6 is 11.3 Å². The fourth-order valence-electron chi connectivity index (χ4n) is 2.14. The molecule has 0 fully saturated rings. The highest BCUT2D eigenvalue weighted by Gasteiger charge is 2.08. The second-order valence-electron chi connectivity index (χ2n) is 5.87. The van der Waals surface area contributed by atoms with Crippen molar-refractivity contribution in [1.82, 2.24) is 5.32 Å². The predicted octanol–water partition coefficient (Wildman–Crippen LogP) is 3.42. The van der Waals surface area contributed by atoms with Gasteiger partial charge in [0, 0.05) is 11.0 Å². The minimum atomic E-state index is -0.595. The van der Waals surface area contributed by atoms with Crippen molar-refractivity contribution >= 4 is 29.3 Å². The molecular weight excluding hydrogens is 366 g/mol. The van der Waals surface area contributed by atoms with Crippen molar-refractivity contribution in [3.63, 3.8) is 0 Å². The van der Waals surface area contributed by atoms with Crippen LogP contribution in [0.1, 0.15) is 24.3 Å². The molecule has 27 heavy (non-hydrogen) atoms. The number of carbonyl (C=O) groups is 2. The van der Waals surface area contributed by atoms with Gasteiger partial charge in [-0.3, -0.25) is 4.79 Å². The standard InChI is InChI=1S/C20H23NO5S/c1-14(2)26-17-8-6-15(11-18(17)24-3)7-9-20(23)25-13-19(22)21-12-16-5-4-10-27-16/h4-11,14H,12-13H2,1-3H3,(H,21,22)/b9-7+. The highest BCUT2D eigenvalue weighted by atomic mass is 32.1. The first kappa shape index (κ1) is 20.5. The fourth-order valence-corrected chi connectivity index (χ4v) is 2.78. The zero-order valence-electron chi connectivity index (χ0n) is 15.6. The van der Waals surface area contributed by atoms with Gasteiger partial charge in [-0.1, -0.05) is 12.1 Å². The van der Waals surface area contributed by atoms with Crippen molar-refractivity contribution in [2.75, 3.05) is 13.7 Å². The third-order valence-corrected chi connectivity index (χ3v) is 4.22. The van der Waals surface area contributed by atoms with Crippen molar-refractivity contribution in [3.8, 4) is 11.5 Å². The van der Waals surface area contributed by atoms with Crippen LogP contribution in [0.2, 0.25) is 0 Å². The Morgan fingerprint density at radius 3 is 2.70 bits per heavy atom. The van der Waals surface area contributed by atoms with Gasteiger partial charge in [-0.2, -0.15) is 0 Å². The van der Waals surface area contributed by atoms with Gasteiger partial charge in [0.05, 0.1) is 19.8 Å². The molecule has 0 aliphatic heterocycles. The molecule has 7 heteroatoms. The van der Waals surface area contributed by atoms with E-state index in [4.69, 9.17) is 14.2 Å². The lowest BCUT2D eigenvalue weighted by Crippen LogP contribution is -2.27. The van der Waals surface area contributed by atoms with Crippen molar-refractivity contribution in [2.45, 2.75) is 26.5 Å². The SMILES string of the molecule is COc1cc(/C=C/C(=O)OCC(=O)NCc2cccs2)ccc1OC(C)C. The van der Waals surface area contributed by atoms with E-state index in [0.29, 0.717) is 18.0 Å². The molecule has 0 aliphatic carbocycles. The maximum atomic E-state index is 11.8. The summed E-state index contributed by atoms with van der Waals surface area (Å²) in [5, 5.41) is 4.62. The third kappa shape index (κ3) is 7.15. The molecule has 1 aromatic carbocycles. The number of amides is 1. The number of rotatable bonds is 9. The van der Waals surface area contributed by atoms with E-state index >= 15 is 0 Å². The van der Waals surface area contributed by atoms with Crippen LogP contribution in [0, 0.1) is 0 Å². The summed E-state index contributed by atoms with van der Waals surface area (Å²) >= 11 is 1.55. The van der Waals surface area contributed by atoms with Gasteiger partial charge in [0.15, 0.2) is 18.1 Å². The number of thiophene rings is 1. The third-order valence-electron chi connectivity index (χ3n) is 3.35. The summed E-state index contributed by atoms with van der Waals surface area (Å²) in [6, 6.07) is 9.17. The highest BCUT2D eigenvalue weighted by Crippen LogP contribution is 2.29. The molecule has 1 amide bonds. The van der Waals surface area contributed by atoms with E-state index < -0.39 is 5.97 Å². The maximum Gasteiger partial charge on any atom is 0.331 e. The van der Waals surface area contributed by atoms with E-state index in [9.17, 15) is 9.59 Å². The summed E-state index contributed by atoms with van der Waals surface area (Å²) < 4.78 is 15.9. The van der Waals surface area contributed by atoms with E-state index in [1.165, 1.54) is 6.08 Å². The molecule has 6 nitrogen and oxygen atoms in total. The molecular formula is C20H23NO5S. The summed E-state index contributed by atoms with van der Waals surface area (Å²) in [5.41, 5.74) is 0.752. The number of ether oxygens (including phenoxy) is 3. The van der Waals surface area contributed by atoms with Gasteiger partial charge in [-0.25, -0.2) is 4.79 Å². The average molecular weight is 389 g/mol. The van der Waals surface area contributed by atoms with Gasteiger partial charge in [0.2, 0.25) is 0 Å². The Bertz CT molecular complexity index is 784. The Balaban J connectivity index is 1.82. The Morgan fingerprint density at radius 1 is 1.22 bits per heavy atom. The smallest absolute Gasteiger partial charge is 0.331 e. The summed E-state index contributed by atoms with van der Waals surface area (Å²) in [4.78, 5) is 24.5. The molecule has 0 aliphatic rings. The molecule has 144 valence electrons. The van der Waals surface area contributed by atoms with E-state index in [1.54, 1.807) is 42.7 Å². The van der Waals surface area contributed by atoms with Gasteiger partial charge in [-0.15, -0.1) is 11.3 Å². The fraction of sp³-hybridized carbons (Fsp3) is 0.300. The molecule has 0 bridgehead atoms. The summed E-state index contributed by atoms with van der Waals surface area (Å²) in [6.07, 6.45) is 2.89. The lowest BCUT2D eigenvalue weighted by atomic mass is 10.2. The monoisotopic (exact) mass is 389 g/mol. The lowest BCUT2D eigenvalue weighted by molar-refractivity contribution is -0.143. The van der Waals surface area contributed by atoms with Gasteiger partial charge in [-0.05, 0) is 49.1 Å². The molecule has 2 aromatic rings. The van der Waals surface area contributed by atoms with Crippen LogP contribution in [0.4, 0.5) is 0 Å². The number of benzene rings is 1. The molecule has 0 unspecified atom stereocenters. The normalized spacial score (nSPS) is 10.8. The van der Waals surface area contributed by atoms with Crippen LogP contribution in [0.5, 0.6) is 11.5 Å². The second-order valence-corrected chi connectivity index (χ2v) is 6.91. The number of carbonyl (C=O) groups excluding carboxylic acids is 2. The Kier molecular flexibility index (Phi) is 7.88. The largest absolute Gasteiger partial charge is 0.493 e. The molecule has 0 saturated carbocycles. The van der Waals surface area contributed by atoms with Crippen LogP contribution < -0.4 is 14.8 Å². The van der Waals surface area contributed by atoms with Crippen LogP contribution in [0.15, 0.2) is 41.8 Å². The van der Waals surface area contributed by atoms with Crippen LogP contribution in [0.25, 0.3) is 6.08 Å². The predicted molar refractivity (Wildman–Crippen MR) is 105 cm³/mol. The quantitative estimate of drug-likeness (QED) is 0.525.